The van der Waals surface area contributed by atoms with E-state index in [9.17, 15) is 9.18 Å². The number of rotatable bonds is 6. The second-order valence-corrected chi connectivity index (χ2v) is 6.56. The SMILES string of the molecule is CCCc1[nH]n(-c2ccc(F)cc2)c(=O)c1C=NCC1CCNCC1. The van der Waals surface area contributed by atoms with Crippen molar-refractivity contribution in [2.24, 2.45) is 10.9 Å². The van der Waals surface area contributed by atoms with Crippen LogP contribution in [0, 0.1) is 11.7 Å². The lowest BCUT2D eigenvalue weighted by Gasteiger charge is -2.20. The lowest BCUT2D eigenvalue weighted by molar-refractivity contribution is 0.383. The monoisotopic (exact) mass is 344 g/mol. The van der Waals surface area contributed by atoms with Gasteiger partial charge in [-0.1, -0.05) is 13.3 Å². The molecule has 134 valence electrons. The number of hydrogen-bond donors (Lipinski definition) is 2. The van der Waals surface area contributed by atoms with E-state index in [-0.39, 0.29) is 11.4 Å². The average molecular weight is 344 g/mol. The van der Waals surface area contributed by atoms with Crippen molar-refractivity contribution in [1.29, 1.82) is 0 Å². The van der Waals surface area contributed by atoms with E-state index in [1.54, 1.807) is 18.3 Å². The van der Waals surface area contributed by atoms with Crippen LogP contribution < -0.4 is 10.9 Å². The molecule has 25 heavy (non-hydrogen) atoms. The summed E-state index contributed by atoms with van der Waals surface area (Å²) >= 11 is 0. The average Bonchev–Trinajstić information content (AvgIpc) is 2.93. The summed E-state index contributed by atoms with van der Waals surface area (Å²) in [6, 6.07) is 5.90. The summed E-state index contributed by atoms with van der Waals surface area (Å²) in [7, 11) is 0. The number of nitrogens with zero attached hydrogens (tertiary/aromatic N) is 2. The number of benzene rings is 1. The molecule has 5 nitrogen and oxygen atoms in total. The van der Waals surface area contributed by atoms with Crippen molar-refractivity contribution < 1.29 is 4.39 Å². The maximum Gasteiger partial charge on any atom is 0.280 e. The van der Waals surface area contributed by atoms with Gasteiger partial charge in [0, 0.05) is 18.5 Å². The molecule has 0 aliphatic carbocycles. The van der Waals surface area contributed by atoms with Crippen LogP contribution in [-0.4, -0.2) is 35.6 Å². The molecule has 0 spiro atoms. The summed E-state index contributed by atoms with van der Waals surface area (Å²) in [6.07, 6.45) is 5.68. The molecule has 0 saturated carbocycles. The van der Waals surface area contributed by atoms with Gasteiger partial charge in [0.05, 0.1) is 11.3 Å². The van der Waals surface area contributed by atoms with E-state index in [2.05, 4.69) is 22.3 Å². The minimum Gasteiger partial charge on any atom is -0.317 e. The number of aliphatic imine (C=N–C) groups is 1. The fourth-order valence-electron chi connectivity index (χ4n) is 3.20. The Morgan fingerprint density at radius 3 is 2.68 bits per heavy atom. The van der Waals surface area contributed by atoms with Crippen molar-refractivity contribution in [2.45, 2.75) is 32.6 Å². The quantitative estimate of drug-likeness (QED) is 0.792. The third-order valence-electron chi connectivity index (χ3n) is 4.63. The highest BCUT2D eigenvalue weighted by Crippen LogP contribution is 2.13. The van der Waals surface area contributed by atoms with Crippen molar-refractivity contribution in [1.82, 2.24) is 15.1 Å². The number of aryl methyl sites for hydroxylation is 1. The summed E-state index contributed by atoms with van der Waals surface area (Å²) in [6.45, 7) is 4.92. The minimum absolute atomic E-state index is 0.135. The first-order valence-electron chi connectivity index (χ1n) is 8.99. The van der Waals surface area contributed by atoms with E-state index >= 15 is 0 Å². The number of H-pyrrole nitrogens is 1. The Hall–Kier alpha value is -2.21. The standard InChI is InChI=1S/C19H25FN4O/c1-2-3-18-17(13-22-12-14-8-10-21-11-9-14)19(25)24(23-18)16-6-4-15(20)5-7-16/h4-7,13-14,21,23H,2-3,8-12H2,1H3. The van der Waals surface area contributed by atoms with Gasteiger partial charge in [-0.05, 0) is 62.5 Å². The van der Waals surface area contributed by atoms with E-state index in [1.165, 1.54) is 16.8 Å². The van der Waals surface area contributed by atoms with Crippen molar-refractivity contribution in [3.05, 3.63) is 51.7 Å². The molecular weight excluding hydrogens is 319 g/mol. The Morgan fingerprint density at radius 2 is 2.00 bits per heavy atom. The maximum atomic E-state index is 13.1. The van der Waals surface area contributed by atoms with Crippen molar-refractivity contribution in [2.75, 3.05) is 19.6 Å². The molecule has 6 heteroatoms. The molecular formula is C19H25FN4O. The Morgan fingerprint density at radius 1 is 1.28 bits per heavy atom. The molecule has 0 bridgehead atoms. The fraction of sp³-hybridized carbons (Fsp3) is 0.474. The first kappa shape index (κ1) is 17.6. The van der Waals surface area contributed by atoms with Crippen LogP contribution in [0.2, 0.25) is 0 Å². The topological polar surface area (TPSA) is 62.2 Å². The van der Waals surface area contributed by atoms with E-state index in [4.69, 9.17) is 0 Å². The van der Waals surface area contributed by atoms with Gasteiger partial charge in [-0.3, -0.25) is 14.9 Å². The molecule has 0 amide bonds. The lowest BCUT2D eigenvalue weighted by atomic mass is 9.98. The van der Waals surface area contributed by atoms with Gasteiger partial charge in [-0.2, -0.15) is 0 Å². The Labute approximate surface area is 147 Å². The van der Waals surface area contributed by atoms with Crippen LogP contribution >= 0.6 is 0 Å². The predicted octanol–water partition coefficient (Wildman–Crippen LogP) is 2.68. The van der Waals surface area contributed by atoms with Crippen LogP contribution in [0.5, 0.6) is 0 Å². The largest absolute Gasteiger partial charge is 0.317 e. The fourth-order valence-corrected chi connectivity index (χ4v) is 3.20. The summed E-state index contributed by atoms with van der Waals surface area (Å²) in [5.41, 5.74) is 1.98. The molecule has 1 aliphatic heterocycles. The van der Waals surface area contributed by atoms with Gasteiger partial charge in [0.15, 0.2) is 0 Å². The summed E-state index contributed by atoms with van der Waals surface area (Å²) in [5, 5.41) is 6.50. The summed E-state index contributed by atoms with van der Waals surface area (Å²) in [5.74, 6) is 0.270. The van der Waals surface area contributed by atoms with Gasteiger partial charge in [0.1, 0.15) is 5.82 Å². The third kappa shape index (κ3) is 4.25. The van der Waals surface area contributed by atoms with Crippen molar-refractivity contribution in [3.63, 3.8) is 0 Å². The molecule has 1 saturated heterocycles. The van der Waals surface area contributed by atoms with Gasteiger partial charge in [0.25, 0.3) is 5.56 Å². The Bertz CT molecular complexity index is 770. The molecule has 1 aromatic heterocycles. The second-order valence-electron chi connectivity index (χ2n) is 6.56. The highest BCUT2D eigenvalue weighted by atomic mass is 19.1. The number of halogens is 1. The molecule has 1 fully saturated rings. The smallest absolute Gasteiger partial charge is 0.280 e. The maximum absolute atomic E-state index is 13.1. The number of aromatic amines is 1. The van der Waals surface area contributed by atoms with Crippen LogP contribution in [0.4, 0.5) is 4.39 Å². The van der Waals surface area contributed by atoms with E-state index < -0.39 is 0 Å². The van der Waals surface area contributed by atoms with Crippen LogP contribution in [0.15, 0.2) is 34.1 Å². The lowest BCUT2D eigenvalue weighted by Crippen LogP contribution is -2.29. The zero-order valence-electron chi connectivity index (χ0n) is 14.6. The molecule has 2 N–H and O–H groups in total. The first-order valence-corrected chi connectivity index (χ1v) is 8.99. The molecule has 2 aromatic rings. The molecule has 0 atom stereocenters. The minimum atomic E-state index is -0.319. The van der Waals surface area contributed by atoms with E-state index in [1.807, 2.05) is 0 Å². The van der Waals surface area contributed by atoms with Crippen LogP contribution in [0.25, 0.3) is 5.69 Å². The molecule has 1 aliphatic rings. The van der Waals surface area contributed by atoms with Crippen LogP contribution in [0.1, 0.15) is 37.4 Å². The number of piperidine rings is 1. The van der Waals surface area contributed by atoms with Crippen molar-refractivity contribution in [3.8, 4) is 5.69 Å². The van der Waals surface area contributed by atoms with Crippen molar-refractivity contribution >= 4 is 6.21 Å². The highest BCUT2D eigenvalue weighted by Gasteiger charge is 2.15. The molecule has 3 rings (SSSR count). The summed E-state index contributed by atoms with van der Waals surface area (Å²) < 4.78 is 14.6. The first-order chi connectivity index (χ1) is 12.2. The normalized spacial score (nSPS) is 15.9. The van der Waals surface area contributed by atoms with E-state index in [0.29, 0.717) is 17.2 Å². The molecule has 0 radical (unpaired) electrons. The number of hydrogen-bond acceptors (Lipinski definition) is 3. The molecule has 2 heterocycles. The summed E-state index contributed by atoms with van der Waals surface area (Å²) in [4.78, 5) is 17.3. The van der Waals surface area contributed by atoms with Gasteiger partial charge in [-0.15, -0.1) is 0 Å². The zero-order chi connectivity index (χ0) is 17.6. The second kappa shape index (κ2) is 8.25. The van der Waals surface area contributed by atoms with Gasteiger partial charge in [-0.25, -0.2) is 9.07 Å². The van der Waals surface area contributed by atoms with Gasteiger partial charge < -0.3 is 5.32 Å². The molecule has 0 unspecified atom stereocenters. The number of nitrogens with one attached hydrogen (secondary N) is 2. The van der Waals surface area contributed by atoms with E-state index in [0.717, 1.165) is 51.0 Å². The third-order valence-corrected chi connectivity index (χ3v) is 4.63. The number of aromatic nitrogens is 2. The van der Waals surface area contributed by atoms with Gasteiger partial charge in [0.2, 0.25) is 0 Å². The van der Waals surface area contributed by atoms with Crippen LogP contribution in [-0.2, 0) is 6.42 Å². The predicted molar refractivity (Wildman–Crippen MR) is 98.4 cm³/mol. The van der Waals surface area contributed by atoms with Crippen LogP contribution in [0.3, 0.4) is 0 Å². The highest BCUT2D eigenvalue weighted by molar-refractivity contribution is 5.80. The molecule has 1 aromatic carbocycles. The van der Waals surface area contributed by atoms with Gasteiger partial charge >= 0.3 is 0 Å². The Balaban J connectivity index is 1.84. The zero-order valence-corrected chi connectivity index (χ0v) is 14.6. The Kier molecular flexibility index (Phi) is 5.81.